The van der Waals surface area contributed by atoms with E-state index in [1.807, 2.05) is 30.3 Å². The van der Waals surface area contributed by atoms with Gasteiger partial charge in [-0.15, -0.1) is 0 Å². The highest BCUT2D eigenvalue weighted by atomic mass is 16.5. The van der Waals surface area contributed by atoms with Gasteiger partial charge < -0.3 is 28.7 Å². The Balaban J connectivity index is 1.43. The zero-order valence-corrected chi connectivity index (χ0v) is 23.8. The summed E-state index contributed by atoms with van der Waals surface area (Å²) in [4.78, 5) is 26.2. The summed E-state index contributed by atoms with van der Waals surface area (Å²) >= 11 is 0. The minimum Gasteiger partial charge on any atom is -0.497 e. The maximum absolute atomic E-state index is 13.3. The summed E-state index contributed by atoms with van der Waals surface area (Å²) in [6, 6.07) is 17.6. The van der Waals surface area contributed by atoms with Crippen molar-refractivity contribution in [2.45, 2.75) is 32.8 Å². The minimum atomic E-state index is -0.707. The van der Waals surface area contributed by atoms with Gasteiger partial charge in [0.25, 0.3) is 5.91 Å². The standard InChI is InChI=1S/C33H33NO7/c1-33(2)15-7-10-24(19-33)40-28-14-11-21-18-26(32(36)41-29(21)30(28)39-5)34-31(35)22-12-13-27(38-4)25(17-22)20-8-6-9-23(16-20)37-3/h6-14,16-18,24H,15,19H2,1-5H3,(H,34,35). The van der Waals surface area contributed by atoms with Crippen LogP contribution in [0.25, 0.3) is 22.1 Å². The lowest BCUT2D eigenvalue weighted by molar-refractivity contribution is 0.102. The monoisotopic (exact) mass is 555 g/mol. The molecule has 0 saturated heterocycles. The number of nitrogens with one attached hydrogen (secondary N) is 1. The van der Waals surface area contributed by atoms with E-state index in [-0.39, 0.29) is 22.8 Å². The summed E-state index contributed by atoms with van der Waals surface area (Å²) in [5.74, 6) is 1.61. The van der Waals surface area contributed by atoms with E-state index in [2.05, 4.69) is 25.2 Å². The van der Waals surface area contributed by atoms with Crippen molar-refractivity contribution in [1.82, 2.24) is 0 Å². The molecule has 1 aliphatic rings. The highest BCUT2D eigenvalue weighted by Crippen LogP contribution is 2.39. The van der Waals surface area contributed by atoms with Gasteiger partial charge in [-0.25, -0.2) is 4.79 Å². The molecule has 0 saturated carbocycles. The second-order valence-corrected chi connectivity index (χ2v) is 10.7. The average Bonchev–Trinajstić information content (AvgIpc) is 2.96. The first-order valence-electron chi connectivity index (χ1n) is 13.3. The van der Waals surface area contributed by atoms with E-state index >= 15 is 0 Å². The van der Waals surface area contributed by atoms with Gasteiger partial charge in [-0.2, -0.15) is 0 Å². The van der Waals surface area contributed by atoms with E-state index in [1.165, 1.54) is 7.11 Å². The van der Waals surface area contributed by atoms with E-state index in [1.54, 1.807) is 50.6 Å². The SMILES string of the molecule is COc1cccc(-c2cc(C(=O)Nc3cc4ccc(OC5C=CCC(C)(C)C5)c(OC)c4oc3=O)ccc2OC)c1. The Morgan fingerprint density at radius 1 is 0.951 bits per heavy atom. The Morgan fingerprint density at radius 2 is 1.76 bits per heavy atom. The molecule has 8 heteroatoms. The summed E-state index contributed by atoms with van der Waals surface area (Å²) in [5.41, 5.74) is 1.54. The van der Waals surface area contributed by atoms with Crippen molar-refractivity contribution in [3.05, 3.63) is 88.8 Å². The number of anilines is 1. The summed E-state index contributed by atoms with van der Waals surface area (Å²) in [6.07, 6.45) is 5.89. The molecule has 0 spiro atoms. The van der Waals surface area contributed by atoms with Crippen molar-refractivity contribution in [1.29, 1.82) is 0 Å². The van der Waals surface area contributed by atoms with Crippen molar-refractivity contribution in [3.63, 3.8) is 0 Å². The molecule has 1 amide bonds. The molecule has 41 heavy (non-hydrogen) atoms. The van der Waals surface area contributed by atoms with Gasteiger partial charge in [0.2, 0.25) is 5.75 Å². The molecule has 1 N–H and O–H groups in total. The number of methoxy groups -OCH3 is 3. The highest BCUT2D eigenvalue weighted by Gasteiger charge is 2.27. The number of rotatable bonds is 8. The molecule has 0 aliphatic heterocycles. The maximum atomic E-state index is 13.3. The van der Waals surface area contributed by atoms with E-state index in [0.717, 1.165) is 18.4 Å². The normalized spacial score (nSPS) is 15.8. The van der Waals surface area contributed by atoms with Crippen LogP contribution in [0.2, 0.25) is 0 Å². The quantitative estimate of drug-likeness (QED) is 0.187. The molecule has 8 nitrogen and oxygen atoms in total. The molecule has 1 heterocycles. The zero-order valence-electron chi connectivity index (χ0n) is 23.8. The first kappa shape index (κ1) is 27.8. The molecule has 0 bridgehead atoms. The Labute approximate surface area is 238 Å². The molecule has 0 radical (unpaired) electrons. The maximum Gasteiger partial charge on any atom is 0.360 e. The summed E-state index contributed by atoms with van der Waals surface area (Å²) in [7, 11) is 4.66. The van der Waals surface area contributed by atoms with Crippen LogP contribution >= 0.6 is 0 Å². The summed E-state index contributed by atoms with van der Waals surface area (Å²) in [6.45, 7) is 4.40. The van der Waals surface area contributed by atoms with E-state index in [0.29, 0.717) is 39.5 Å². The van der Waals surface area contributed by atoms with Gasteiger partial charge in [0.05, 0.1) is 21.3 Å². The predicted molar refractivity (Wildman–Crippen MR) is 159 cm³/mol. The van der Waals surface area contributed by atoms with Crippen molar-refractivity contribution in [2.24, 2.45) is 5.41 Å². The van der Waals surface area contributed by atoms with Gasteiger partial charge in [-0.1, -0.05) is 32.1 Å². The molecule has 1 atom stereocenters. The smallest absolute Gasteiger partial charge is 0.360 e. The number of amides is 1. The van der Waals surface area contributed by atoms with Crippen LogP contribution in [0.15, 0.2) is 82.0 Å². The first-order valence-corrected chi connectivity index (χ1v) is 13.3. The van der Waals surface area contributed by atoms with Gasteiger partial charge in [0.15, 0.2) is 11.3 Å². The molecule has 1 aromatic heterocycles. The fourth-order valence-electron chi connectivity index (χ4n) is 5.05. The van der Waals surface area contributed by atoms with Crippen LogP contribution in [-0.4, -0.2) is 33.3 Å². The lowest BCUT2D eigenvalue weighted by atomic mass is 9.80. The molecule has 212 valence electrons. The molecule has 4 aromatic rings. The Hall–Kier alpha value is -4.72. The lowest BCUT2D eigenvalue weighted by Gasteiger charge is -2.31. The number of carbonyl (C=O) groups excluding carboxylic acids is 1. The van der Waals surface area contributed by atoms with Gasteiger partial charge in [-0.05, 0) is 78.4 Å². The van der Waals surface area contributed by atoms with Crippen LogP contribution in [0.4, 0.5) is 5.69 Å². The largest absolute Gasteiger partial charge is 0.497 e. The zero-order chi connectivity index (χ0) is 29.1. The Morgan fingerprint density at radius 3 is 2.49 bits per heavy atom. The highest BCUT2D eigenvalue weighted by molar-refractivity contribution is 6.06. The molecule has 1 aliphatic carbocycles. The van der Waals surface area contributed by atoms with Crippen LogP contribution in [0.1, 0.15) is 37.0 Å². The summed E-state index contributed by atoms with van der Waals surface area (Å²) in [5, 5.41) is 3.27. The molecular weight excluding hydrogens is 522 g/mol. The van der Waals surface area contributed by atoms with E-state index in [4.69, 9.17) is 23.4 Å². The van der Waals surface area contributed by atoms with Crippen molar-refractivity contribution < 1.29 is 28.2 Å². The van der Waals surface area contributed by atoms with Crippen LogP contribution in [-0.2, 0) is 0 Å². The van der Waals surface area contributed by atoms with Gasteiger partial charge in [0.1, 0.15) is 23.3 Å². The van der Waals surface area contributed by atoms with E-state index < -0.39 is 11.5 Å². The third-order valence-electron chi connectivity index (χ3n) is 7.17. The molecular formula is C33H33NO7. The van der Waals surface area contributed by atoms with Crippen LogP contribution in [0.3, 0.4) is 0 Å². The first-order chi connectivity index (χ1) is 19.7. The number of carbonyl (C=O) groups is 1. The number of ether oxygens (including phenoxy) is 4. The van der Waals surface area contributed by atoms with E-state index in [9.17, 15) is 9.59 Å². The molecule has 1 unspecified atom stereocenters. The number of hydrogen-bond donors (Lipinski definition) is 1. The third-order valence-corrected chi connectivity index (χ3v) is 7.17. The number of allylic oxidation sites excluding steroid dienone is 1. The Kier molecular flexibility index (Phi) is 7.75. The average molecular weight is 556 g/mol. The molecule has 3 aromatic carbocycles. The molecule has 5 rings (SSSR count). The fraction of sp³-hybridized carbons (Fsp3) is 0.273. The third kappa shape index (κ3) is 5.91. The number of hydrogen-bond acceptors (Lipinski definition) is 7. The van der Waals surface area contributed by atoms with Crippen LogP contribution in [0, 0.1) is 5.41 Å². The van der Waals surface area contributed by atoms with Gasteiger partial charge >= 0.3 is 5.63 Å². The second-order valence-electron chi connectivity index (χ2n) is 10.7. The lowest BCUT2D eigenvalue weighted by Crippen LogP contribution is -2.27. The Bertz CT molecular complexity index is 1690. The second kappa shape index (κ2) is 11.4. The fourth-order valence-corrected chi connectivity index (χ4v) is 5.05. The van der Waals surface area contributed by atoms with Gasteiger partial charge in [0, 0.05) is 16.5 Å². The number of fused-ring (bicyclic) bond motifs is 1. The van der Waals surface area contributed by atoms with Crippen molar-refractivity contribution in [2.75, 3.05) is 26.6 Å². The van der Waals surface area contributed by atoms with Crippen molar-refractivity contribution >= 4 is 22.6 Å². The van der Waals surface area contributed by atoms with Crippen LogP contribution < -0.4 is 29.9 Å². The van der Waals surface area contributed by atoms with Crippen LogP contribution in [0.5, 0.6) is 23.0 Å². The topological polar surface area (TPSA) is 96.2 Å². The van der Waals surface area contributed by atoms with Gasteiger partial charge in [-0.3, -0.25) is 4.79 Å². The molecule has 0 fully saturated rings. The van der Waals surface area contributed by atoms with Crippen molar-refractivity contribution in [3.8, 4) is 34.1 Å². The predicted octanol–water partition coefficient (Wildman–Crippen LogP) is 6.86. The summed E-state index contributed by atoms with van der Waals surface area (Å²) < 4.78 is 28.3. The minimum absolute atomic E-state index is 0.00827. The number of benzene rings is 3.